The van der Waals surface area contributed by atoms with Crippen LogP contribution in [0.1, 0.15) is 12.0 Å². The molecule has 4 rings (SSSR count). The number of carbonyl (C=O) groups is 1. The Labute approximate surface area is 154 Å². The van der Waals surface area contributed by atoms with Crippen LogP contribution in [0.4, 0.5) is 4.79 Å². The Balaban J connectivity index is 1.62. The molecule has 0 aliphatic carbocycles. The van der Waals surface area contributed by atoms with Crippen molar-refractivity contribution in [3.8, 4) is 17.3 Å². The quantitative estimate of drug-likeness (QED) is 0.644. The van der Waals surface area contributed by atoms with E-state index in [0.717, 1.165) is 17.5 Å². The third-order valence-electron chi connectivity index (χ3n) is 4.46. The standard InChI is InChI=1S/C18H16ClN5O2/c19-13-9-14-16(23-18(26)21-14)22-15(13)12-3-1-10(2-4-12)11-5-7-24(8-6-11)17(20)25/h1-5,9H,6-8H2,(H2,20,25)(H2,21,22,23,26). The van der Waals surface area contributed by atoms with Crippen molar-refractivity contribution in [3.05, 3.63) is 47.0 Å². The monoisotopic (exact) mass is 369 g/mol. The average molecular weight is 370 g/mol. The van der Waals surface area contributed by atoms with Gasteiger partial charge in [0.1, 0.15) is 0 Å². The average Bonchev–Trinajstić information content (AvgIpc) is 3.00. The number of fused-ring (bicyclic) bond motifs is 1. The molecule has 8 heteroatoms. The van der Waals surface area contributed by atoms with Gasteiger partial charge in [-0.2, -0.15) is 4.98 Å². The summed E-state index contributed by atoms with van der Waals surface area (Å²) in [6.07, 6.45) is 2.78. The van der Waals surface area contributed by atoms with Crippen LogP contribution >= 0.6 is 11.6 Å². The number of H-pyrrole nitrogens is 1. The second kappa shape index (κ2) is 6.34. The van der Waals surface area contributed by atoms with E-state index >= 15 is 0 Å². The van der Waals surface area contributed by atoms with Crippen LogP contribution < -0.4 is 5.73 Å². The van der Waals surface area contributed by atoms with Gasteiger partial charge in [0, 0.05) is 18.7 Å². The number of urea groups is 1. The summed E-state index contributed by atoms with van der Waals surface area (Å²) in [5.41, 5.74) is 10.0. The Morgan fingerprint density at radius 3 is 2.62 bits per heavy atom. The minimum atomic E-state index is -0.392. The van der Waals surface area contributed by atoms with Crippen molar-refractivity contribution < 1.29 is 9.90 Å². The Kier molecular flexibility index (Phi) is 4.00. The lowest BCUT2D eigenvalue weighted by atomic mass is 9.98. The molecule has 0 saturated carbocycles. The topological polar surface area (TPSA) is 108 Å². The van der Waals surface area contributed by atoms with Crippen molar-refractivity contribution in [3.63, 3.8) is 0 Å². The molecule has 0 spiro atoms. The zero-order valence-corrected chi connectivity index (χ0v) is 14.5. The summed E-state index contributed by atoms with van der Waals surface area (Å²) in [7, 11) is 0. The Morgan fingerprint density at radius 2 is 1.96 bits per heavy atom. The first-order valence-corrected chi connectivity index (χ1v) is 8.48. The maximum absolute atomic E-state index is 11.2. The molecule has 1 aliphatic heterocycles. The minimum Gasteiger partial charge on any atom is -0.480 e. The highest BCUT2D eigenvalue weighted by Crippen LogP contribution is 2.31. The molecule has 0 radical (unpaired) electrons. The number of amides is 2. The molecule has 26 heavy (non-hydrogen) atoms. The number of nitrogens with two attached hydrogens (primary N) is 1. The number of aromatic amines is 1. The Hall–Kier alpha value is -3.06. The number of hydrogen-bond acceptors (Lipinski definition) is 4. The lowest BCUT2D eigenvalue weighted by molar-refractivity contribution is 0.213. The van der Waals surface area contributed by atoms with Crippen LogP contribution in [0.5, 0.6) is 6.01 Å². The van der Waals surface area contributed by atoms with E-state index in [4.69, 9.17) is 17.3 Å². The van der Waals surface area contributed by atoms with Crippen LogP contribution in [-0.2, 0) is 0 Å². The number of pyridine rings is 1. The summed E-state index contributed by atoms with van der Waals surface area (Å²) in [5.74, 6) is 0. The number of aromatic hydroxyl groups is 1. The number of nitrogens with zero attached hydrogens (tertiary/aromatic N) is 3. The molecular formula is C18H16ClN5O2. The van der Waals surface area contributed by atoms with Crippen LogP contribution in [0, 0.1) is 0 Å². The number of benzene rings is 1. The molecule has 0 unspecified atom stereocenters. The molecule has 132 valence electrons. The first-order valence-electron chi connectivity index (χ1n) is 8.11. The van der Waals surface area contributed by atoms with E-state index in [0.29, 0.717) is 35.0 Å². The number of halogens is 1. The fourth-order valence-corrected chi connectivity index (χ4v) is 3.34. The fraction of sp³-hybridized carbons (Fsp3) is 0.167. The van der Waals surface area contributed by atoms with Crippen molar-refractivity contribution >= 4 is 34.4 Å². The molecule has 2 aromatic heterocycles. The van der Waals surface area contributed by atoms with Gasteiger partial charge in [0.2, 0.25) is 0 Å². The van der Waals surface area contributed by atoms with Crippen LogP contribution in [0.25, 0.3) is 28.0 Å². The van der Waals surface area contributed by atoms with Crippen molar-refractivity contribution in [2.75, 3.05) is 13.1 Å². The van der Waals surface area contributed by atoms with Gasteiger partial charge in [-0.05, 0) is 23.6 Å². The minimum absolute atomic E-state index is 0.190. The van der Waals surface area contributed by atoms with Gasteiger partial charge in [0.15, 0.2) is 5.65 Å². The highest BCUT2D eigenvalue weighted by molar-refractivity contribution is 6.33. The summed E-state index contributed by atoms with van der Waals surface area (Å²) in [6.45, 7) is 1.15. The second-order valence-corrected chi connectivity index (χ2v) is 6.50. The molecule has 0 atom stereocenters. The molecule has 7 nitrogen and oxygen atoms in total. The van der Waals surface area contributed by atoms with Crippen molar-refractivity contribution in [2.45, 2.75) is 6.42 Å². The molecule has 2 amide bonds. The number of primary amides is 1. The van der Waals surface area contributed by atoms with Gasteiger partial charge in [-0.15, -0.1) is 0 Å². The van der Waals surface area contributed by atoms with Gasteiger partial charge < -0.3 is 20.7 Å². The van der Waals surface area contributed by atoms with Gasteiger partial charge >= 0.3 is 6.03 Å². The number of hydrogen-bond donors (Lipinski definition) is 3. The van der Waals surface area contributed by atoms with Crippen LogP contribution in [0.2, 0.25) is 5.02 Å². The summed E-state index contributed by atoms with van der Waals surface area (Å²) < 4.78 is 0. The van der Waals surface area contributed by atoms with Crippen molar-refractivity contribution in [1.29, 1.82) is 0 Å². The van der Waals surface area contributed by atoms with Crippen LogP contribution in [0.15, 0.2) is 36.4 Å². The molecule has 1 aliphatic rings. The molecule has 4 N–H and O–H groups in total. The van der Waals surface area contributed by atoms with E-state index in [2.05, 4.69) is 15.0 Å². The first kappa shape index (κ1) is 16.4. The molecule has 0 saturated heterocycles. The number of nitrogens with one attached hydrogen (secondary N) is 1. The van der Waals surface area contributed by atoms with E-state index in [1.54, 1.807) is 11.0 Å². The van der Waals surface area contributed by atoms with E-state index in [1.165, 1.54) is 5.57 Å². The van der Waals surface area contributed by atoms with Gasteiger partial charge in [-0.3, -0.25) is 0 Å². The third-order valence-corrected chi connectivity index (χ3v) is 4.75. The summed E-state index contributed by atoms with van der Waals surface area (Å²) >= 11 is 6.33. The molecule has 3 aromatic rings. The first-order chi connectivity index (χ1) is 12.5. The normalized spacial score (nSPS) is 14.5. The zero-order chi connectivity index (χ0) is 18.3. The lowest BCUT2D eigenvalue weighted by Gasteiger charge is -2.24. The second-order valence-electron chi connectivity index (χ2n) is 6.09. The molecule has 0 fully saturated rings. The zero-order valence-electron chi connectivity index (χ0n) is 13.7. The van der Waals surface area contributed by atoms with Gasteiger partial charge in [-0.25, -0.2) is 9.78 Å². The highest BCUT2D eigenvalue weighted by Gasteiger charge is 2.16. The summed E-state index contributed by atoms with van der Waals surface area (Å²) in [4.78, 5) is 23.9. The summed E-state index contributed by atoms with van der Waals surface area (Å²) in [6, 6.07) is 9.02. The van der Waals surface area contributed by atoms with Crippen LogP contribution in [-0.4, -0.2) is 44.1 Å². The number of rotatable bonds is 2. The summed E-state index contributed by atoms with van der Waals surface area (Å²) in [5, 5.41) is 9.93. The SMILES string of the molecule is NC(=O)N1CC=C(c2ccc(-c3nc4nc(O)[nH]c4cc3Cl)cc2)CC1. The Bertz CT molecular complexity index is 1030. The number of carbonyl (C=O) groups excluding carboxylic acids is 1. The maximum atomic E-state index is 11.2. The van der Waals surface area contributed by atoms with Gasteiger partial charge in [-0.1, -0.05) is 41.9 Å². The van der Waals surface area contributed by atoms with E-state index in [-0.39, 0.29) is 6.01 Å². The van der Waals surface area contributed by atoms with Crippen molar-refractivity contribution in [1.82, 2.24) is 19.9 Å². The number of aromatic nitrogens is 3. The van der Waals surface area contributed by atoms with E-state index < -0.39 is 6.03 Å². The van der Waals surface area contributed by atoms with Gasteiger partial charge in [0.05, 0.1) is 16.2 Å². The van der Waals surface area contributed by atoms with Gasteiger partial charge in [0.25, 0.3) is 6.01 Å². The molecule has 1 aromatic carbocycles. The highest BCUT2D eigenvalue weighted by atomic mass is 35.5. The predicted octanol–water partition coefficient (Wildman–Crippen LogP) is 3.15. The van der Waals surface area contributed by atoms with Crippen molar-refractivity contribution in [2.24, 2.45) is 5.73 Å². The van der Waals surface area contributed by atoms with E-state index in [1.807, 2.05) is 30.3 Å². The third kappa shape index (κ3) is 2.97. The van der Waals surface area contributed by atoms with Crippen LogP contribution in [0.3, 0.4) is 0 Å². The van der Waals surface area contributed by atoms with E-state index in [9.17, 15) is 9.90 Å². The predicted molar refractivity (Wildman–Crippen MR) is 99.7 cm³/mol. The molecular weight excluding hydrogens is 354 g/mol. The fourth-order valence-electron chi connectivity index (χ4n) is 3.08. The maximum Gasteiger partial charge on any atom is 0.315 e. The smallest absolute Gasteiger partial charge is 0.315 e. The Morgan fingerprint density at radius 1 is 1.23 bits per heavy atom. The number of imidazole rings is 1. The molecule has 3 heterocycles. The largest absolute Gasteiger partial charge is 0.480 e. The molecule has 0 bridgehead atoms. The lowest BCUT2D eigenvalue weighted by Crippen LogP contribution is -2.38.